The number of fused-ring (bicyclic) bond motifs is 1. The van der Waals surface area contributed by atoms with Gasteiger partial charge in [0.2, 0.25) is 0 Å². The van der Waals surface area contributed by atoms with E-state index in [4.69, 9.17) is 4.74 Å². The third kappa shape index (κ3) is 4.06. The minimum Gasteiger partial charge on any atom is -0.361 e. The van der Waals surface area contributed by atoms with E-state index >= 15 is 0 Å². The van der Waals surface area contributed by atoms with Crippen molar-refractivity contribution in [2.45, 2.75) is 32.4 Å². The normalized spacial score (nSPS) is 12.2. The Bertz CT molecular complexity index is 811. The first kappa shape index (κ1) is 16.8. The van der Waals surface area contributed by atoms with Crippen LogP contribution in [-0.2, 0) is 11.5 Å². The predicted molar refractivity (Wildman–Crippen MR) is 100 cm³/mol. The van der Waals surface area contributed by atoms with Crippen LogP contribution in [0.1, 0.15) is 0 Å². The van der Waals surface area contributed by atoms with Crippen molar-refractivity contribution in [3.63, 3.8) is 0 Å². The fraction of sp³-hybridized carbons (Fsp3) is 0.400. The van der Waals surface area contributed by atoms with Crippen LogP contribution in [0.3, 0.4) is 0 Å². The lowest BCUT2D eigenvalue weighted by atomic mass is 10.2. The molecule has 0 fully saturated rings. The first-order valence-corrected chi connectivity index (χ1v) is 12.7. The van der Waals surface area contributed by atoms with Crippen molar-refractivity contribution in [3.8, 4) is 10.6 Å². The van der Waals surface area contributed by atoms with Crippen molar-refractivity contribution in [2.75, 3.05) is 6.61 Å². The second kappa shape index (κ2) is 6.80. The molecule has 8 heteroatoms. The summed E-state index contributed by atoms with van der Waals surface area (Å²) in [6.07, 6.45) is 5.44. The standard InChI is InChI=1S/C15H19BrN4OSSi/c1-23(2,3)7-6-21-10-20-5-4-11-13(18-9-19-14(11)20)12-8-17-15(16)22-12/h4-5,8-9H,6-7,10H2,1-3H3. The Balaban J connectivity index is 1.79. The molecule has 0 radical (unpaired) electrons. The largest absolute Gasteiger partial charge is 0.361 e. The molecule has 0 unspecified atom stereocenters. The van der Waals surface area contributed by atoms with Crippen molar-refractivity contribution in [2.24, 2.45) is 0 Å². The molecule has 0 bridgehead atoms. The summed E-state index contributed by atoms with van der Waals surface area (Å²) in [6.45, 7) is 8.39. The Morgan fingerprint density at radius 2 is 2.09 bits per heavy atom. The maximum absolute atomic E-state index is 5.83. The zero-order chi connectivity index (χ0) is 16.4. The van der Waals surface area contributed by atoms with Crippen molar-refractivity contribution in [1.29, 1.82) is 0 Å². The highest BCUT2D eigenvalue weighted by atomic mass is 79.9. The van der Waals surface area contributed by atoms with E-state index in [9.17, 15) is 0 Å². The van der Waals surface area contributed by atoms with Crippen LogP contribution in [0.25, 0.3) is 21.6 Å². The Morgan fingerprint density at radius 3 is 2.78 bits per heavy atom. The molecule has 3 rings (SSSR count). The summed E-state index contributed by atoms with van der Waals surface area (Å²) in [4.78, 5) is 14.1. The van der Waals surface area contributed by atoms with E-state index in [0.717, 1.165) is 32.1 Å². The molecule has 23 heavy (non-hydrogen) atoms. The van der Waals surface area contributed by atoms with Gasteiger partial charge in [-0.25, -0.2) is 15.0 Å². The molecule has 0 N–H and O–H groups in total. The van der Waals surface area contributed by atoms with Crippen molar-refractivity contribution >= 4 is 46.4 Å². The Kier molecular flexibility index (Phi) is 4.95. The van der Waals surface area contributed by atoms with Crippen molar-refractivity contribution in [1.82, 2.24) is 19.5 Å². The molecule has 0 amide bonds. The highest BCUT2D eigenvalue weighted by molar-refractivity contribution is 9.11. The monoisotopic (exact) mass is 410 g/mol. The van der Waals surface area contributed by atoms with Gasteiger partial charge in [-0.1, -0.05) is 19.6 Å². The number of nitrogens with zero attached hydrogens (tertiary/aromatic N) is 4. The van der Waals surface area contributed by atoms with E-state index in [1.54, 1.807) is 17.7 Å². The number of thiazole rings is 1. The Morgan fingerprint density at radius 1 is 1.26 bits per heavy atom. The topological polar surface area (TPSA) is 52.8 Å². The molecule has 3 aromatic rings. The summed E-state index contributed by atoms with van der Waals surface area (Å²) in [6, 6.07) is 3.21. The summed E-state index contributed by atoms with van der Waals surface area (Å²) >= 11 is 4.97. The van der Waals surface area contributed by atoms with Crippen molar-refractivity contribution < 1.29 is 4.74 Å². The molecule has 5 nitrogen and oxygen atoms in total. The summed E-state index contributed by atoms with van der Waals surface area (Å²) in [5.74, 6) is 0. The Hall–Kier alpha value is -1.09. The second-order valence-electron chi connectivity index (χ2n) is 6.57. The molecular formula is C15H19BrN4OSSi. The van der Waals surface area contributed by atoms with Crippen LogP contribution in [0, 0.1) is 0 Å². The van der Waals surface area contributed by atoms with Crippen LogP contribution in [0.5, 0.6) is 0 Å². The van der Waals surface area contributed by atoms with Gasteiger partial charge in [0.05, 0.1) is 10.6 Å². The van der Waals surface area contributed by atoms with Gasteiger partial charge in [0.15, 0.2) is 3.92 Å². The van der Waals surface area contributed by atoms with Gasteiger partial charge < -0.3 is 9.30 Å². The fourth-order valence-corrected chi connectivity index (χ4v) is 4.24. The summed E-state index contributed by atoms with van der Waals surface area (Å²) in [5.41, 5.74) is 1.81. The van der Waals surface area contributed by atoms with Gasteiger partial charge in [0.25, 0.3) is 0 Å². The average molecular weight is 411 g/mol. The lowest BCUT2D eigenvalue weighted by Gasteiger charge is -2.15. The van der Waals surface area contributed by atoms with Gasteiger partial charge in [-0.05, 0) is 28.0 Å². The molecule has 3 aromatic heterocycles. The third-order valence-electron chi connectivity index (χ3n) is 3.49. The van der Waals surface area contributed by atoms with E-state index < -0.39 is 8.07 Å². The van der Waals surface area contributed by atoms with Crippen LogP contribution in [0.4, 0.5) is 0 Å². The number of halogens is 1. The lowest BCUT2D eigenvalue weighted by molar-refractivity contribution is 0.0899. The quantitative estimate of drug-likeness (QED) is 0.438. The van der Waals surface area contributed by atoms with Gasteiger partial charge in [0.1, 0.15) is 18.7 Å². The molecule has 122 valence electrons. The van der Waals surface area contributed by atoms with E-state index in [1.165, 1.54) is 6.04 Å². The van der Waals surface area contributed by atoms with Crippen molar-refractivity contribution in [3.05, 3.63) is 28.7 Å². The molecule has 0 spiro atoms. The highest BCUT2D eigenvalue weighted by Crippen LogP contribution is 2.32. The van der Waals surface area contributed by atoms with Crippen LogP contribution in [-0.4, -0.2) is 34.2 Å². The number of aromatic nitrogens is 4. The SMILES string of the molecule is C[Si](C)(C)CCOCn1ccc2c(-c3cnc(Br)s3)ncnc21. The molecule has 3 heterocycles. The van der Waals surface area contributed by atoms with Crippen LogP contribution < -0.4 is 0 Å². The van der Waals surface area contributed by atoms with Gasteiger partial charge in [-0.2, -0.15) is 0 Å². The van der Waals surface area contributed by atoms with E-state index in [2.05, 4.69) is 50.5 Å². The second-order valence-corrected chi connectivity index (χ2v) is 14.5. The summed E-state index contributed by atoms with van der Waals surface area (Å²) in [7, 11) is -1.05. The van der Waals surface area contributed by atoms with Crippen LogP contribution in [0.2, 0.25) is 25.7 Å². The van der Waals surface area contributed by atoms with Gasteiger partial charge in [0, 0.05) is 32.5 Å². The maximum Gasteiger partial charge on any atom is 0.159 e. The number of hydrogen-bond donors (Lipinski definition) is 0. The minimum atomic E-state index is -1.05. The molecule has 0 aromatic carbocycles. The molecule has 0 aliphatic carbocycles. The number of ether oxygens (including phenoxy) is 1. The smallest absolute Gasteiger partial charge is 0.159 e. The third-order valence-corrected chi connectivity index (χ3v) is 6.68. The zero-order valence-corrected chi connectivity index (χ0v) is 16.8. The van der Waals surface area contributed by atoms with Crippen LogP contribution in [0.15, 0.2) is 28.7 Å². The van der Waals surface area contributed by atoms with E-state index in [-0.39, 0.29) is 0 Å². The van der Waals surface area contributed by atoms with E-state index in [1.807, 2.05) is 23.0 Å². The average Bonchev–Trinajstić information content (AvgIpc) is 3.09. The molecule has 0 saturated heterocycles. The summed E-state index contributed by atoms with van der Waals surface area (Å²) < 4.78 is 8.72. The number of rotatable bonds is 6. The van der Waals surface area contributed by atoms with Gasteiger partial charge in [-0.15, -0.1) is 11.3 Å². The van der Waals surface area contributed by atoms with Gasteiger partial charge in [-0.3, -0.25) is 0 Å². The van der Waals surface area contributed by atoms with Crippen LogP contribution >= 0.6 is 27.3 Å². The minimum absolute atomic E-state index is 0.525. The molecule has 0 saturated carbocycles. The molecule has 0 aliphatic heterocycles. The maximum atomic E-state index is 5.83. The first-order chi connectivity index (χ1) is 10.9. The first-order valence-electron chi connectivity index (χ1n) is 7.43. The Labute approximate surface area is 148 Å². The van der Waals surface area contributed by atoms with E-state index in [0.29, 0.717) is 6.73 Å². The number of hydrogen-bond acceptors (Lipinski definition) is 5. The zero-order valence-electron chi connectivity index (χ0n) is 13.4. The molecule has 0 aliphatic rings. The van der Waals surface area contributed by atoms with Gasteiger partial charge >= 0.3 is 0 Å². The highest BCUT2D eigenvalue weighted by Gasteiger charge is 2.14. The predicted octanol–water partition coefficient (Wildman–Crippen LogP) is 4.63. The fourth-order valence-electron chi connectivity index (χ4n) is 2.21. The molecular weight excluding hydrogens is 392 g/mol. The lowest BCUT2D eigenvalue weighted by Crippen LogP contribution is -2.22. The molecule has 0 atom stereocenters. The summed E-state index contributed by atoms with van der Waals surface area (Å²) in [5, 5.41) is 1.03.